The number of thioether (sulfide) groups is 1. The number of hydrogen-bond acceptors (Lipinski definition) is 7. The van der Waals surface area contributed by atoms with Crippen LogP contribution in [0.2, 0.25) is 0 Å². The number of hydrogen-bond donors (Lipinski definition) is 0. The maximum absolute atomic E-state index is 12.8. The van der Waals surface area contributed by atoms with E-state index in [1.54, 1.807) is 38.5 Å². The second kappa shape index (κ2) is 6.97. The Hall–Kier alpha value is -1.58. The van der Waals surface area contributed by atoms with Gasteiger partial charge in [-0.1, -0.05) is 24.0 Å². The maximum Gasteiger partial charge on any atom is 0.266 e. The molecule has 2 aliphatic rings. The molecule has 1 aromatic rings. The van der Waals surface area contributed by atoms with Gasteiger partial charge in [0.2, 0.25) is 0 Å². The van der Waals surface area contributed by atoms with Gasteiger partial charge in [0.05, 0.1) is 36.7 Å². The van der Waals surface area contributed by atoms with Crippen LogP contribution in [0.3, 0.4) is 0 Å². The normalized spacial score (nSPS) is 24.2. The number of amides is 1. The van der Waals surface area contributed by atoms with Crippen LogP contribution in [0.5, 0.6) is 11.5 Å². The van der Waals surface area contributed by atoms with Crippen LogP contribution in [0, 0.1) is 0 Å². The molecular weight excluding hydrogens is 382 g/mol. The van der Waals surface area contributed by atoms with Crippen molar-refractivity contribution in [2.75, 3.05) is 25.7 Å². The lowest BCUT2D eigenvalue weighted by Gasteiger charge is -2.20. The van der Waals surface area contributed by atoms with Crippen molar-refractivity contribution in [3.63, 3.8) is 0 Å². The third kappa shape index (κ3) is 3.68. The number of ether oxygens (including phenoxy) is 2. The molecule has 2 heterocycles. The number of carbonyl (C=O) groups is 1. The fourth-order valence-electron chi connectivity index (χ4n) is 2.87. The Kier molecular flexibility index (Phi) is 5.08. The Labute approximate surface area is 156 Å². The van der Waals surface area contributed by atoms with Gasteiger partial charge < -0.3 is 9.47 Å². The molecule has 1 amide bonds. The molecule has 25 heavy (non-hydrogen) atoms. The predicted molar refractivity (Wildman–Crippen MR) is 102 cm³/mol. The van der Waals surface area contributed by atoms with Crippen LogP contribution >= 0.6 is 24.0 Å². The van der Waals surface area contributed by atoms with Crippen LogP contribution in [0.15, 0.2) is 23.1 Å². The molecule has 0 spiro atoms. The molecule has 2 aliphatic heterocycles. The number of rotatable bonds is 4. The number of benzene rings is 1. The number of sulfone groups is 1. The first kappa shape index (κ1) is 18.2. The molecule has 2 fully saturated rings. The third-order valence-electron chi connectivity index (χ3n) is 4.12. The fraction of sp³-hybridized carbons (Fsp3) is 0.375. The molecular formula is C16H17NO5S3. The Balaban J connectivity index is 1.91. The first-order valence-corrected chi connectivity index (χ1v) is 10.6. The van der Waals surface area contributed by atoms with E-state index < -0.39 is 9.84 Å². The minimum Gasteiger partial charge on any atom is -0.497 e. The van der Waals surface area contributed by atoms with Crippen molar-refractivity contribution in [1.82, 2.24) is 4.90 Å². The van der Waals surface area contributed by atoms with Crippen molar-refractivity contribution in [2.45, 2.75) is 12.5 Å². The van der Waals surface area contributed by atoms with Gasteiger partial charge in [-0.25, -0.2) is 8.42 Å². The van der Waals surface area contributed by atoms with Crippen LogP contribution in [0.25, 0.3) is 6.08 Å². The van der Waals surface area contributed by atoms with Crippen molar-refractivity contribution < 1.29 is 22.7 Å². The minimum atomic E-state index is -3.09. The van der Waals surface area contributed by atoms with E-state index in [0.29, 0.717) is 32.7 Å². The van der Waals surface area contributed by atoms with Gasteiger partial charge in [0.25, 0.3) is 5.91 Å². The van der Waals surface area contributed by atoms with E-state index in [0.717, 1.165) is 0 Å². The highest BCUT2D eigenvalue weighted by molar-refractivity contribution is 8.26. The van der Waals surface area contributed by atoms with Gasteiger partial charge in [-0.3, -0.25) is 9.69 Å². The zero-order valence-corrected chi connectivity index (χ0v) is 16.2. The van der Waals surface area contributed by atoms with Crippen LogP contribution in [-0.2, 0) is 14.6 Å². The molecule has 0 unspecified atom stereocenters. The first-order chi connectivity index (χ1) is 11.8. The molecule has 2 saturated heterocycles. The van der Waals surface area contributed by atoms with E-state index in [2.05, 4.69) is 0 Å². The average molecular weight is 400 g/mol. The van der Waals surface area contributed by atoms with E-state index in [-0.39, 0.29) is 23.5 Å². The fourth-order valence-corrected chi connectivity index (χ4v) is 5.96. The monoisotopic (exact) mass is 399 g/mol. The minimum absolute atomic E-state index is 0.0325. The third-order valence-corrected chi connectivity index (χ3v) is 7.20. The van der Waals surface area contributed by atoms with E-state index in [9.17, 15) is 13.2 Å². The highest BCUT2D eigenvalue weighted by Crippen LogP contribution is 2.37. The van der Waals surface area contributed by atoms with E-state index >= 15 is 0 Å². The van der Waals surface area contributed by atoms with Crippen LogP contribution < -0.4 is 9.47 Å². The smallest absolute Gasteiger partial charge is 0.266 e. The predicted octanol–water partition coefficient (Wildman–Crippen LogP) is 2.09. The Bertz CT molecular complexity index is 863. The lowest BCUT2D eigenvalue weighted by Crippen LogP contribution is -2.39. The summed E-state index contributed by atoms with van der Waals surface area (Å²) in [7, 11) is 0.0159. The Morgan fingerprint density at radius 1 is 1.32 bits per heavy atom. The molecule has 9 heteroatoms. The summed E-state index contributed by atoms with van der Waals surface area (Å²) in [5.41, 5.74) is 0.696. The van der Waals surface area contributed by atoms with Crippen molar-refractivity contribution in [2.24, 2.45) is 0 Å². The van der Waals surface area contributed by atoms with Gasteiger partial charge in [0.15, 0.2) is 9.84 Å². The topological polar surface area (TPSA) is 72.9 Å². The first-order valence-electron chi connectivity index (χ1n) is 7.54. The lowest BCUT2D eigenvalue weighted by molar-refractivity contribution is -0.123. The van der Waals surface area contributed by atoms with Gasteiger partial charge in [0, 0.05) is 5.56 Å². The number of thiocarbonyl (C=S) groups is 1. The summed E-state index contributed by atoms with van der Waals surface area (Å²) < 4.78 is 34.3. The molecule has 134 valence electrons. The Morgan fingerprint density at radius 3 is 2.68 bits per heavy atom. The molecule has 3 rings (SSSR count). The molecule has 1 aromatic carbocycles. The highest BCUT2D eigenvalue weighted by Gasteiger charge is 2.42. The van der Waals surface area contributed by atoms with Crippen LogP contribution in [-0.4, -0.2) is 55.3 Å². The quantitative estimate of drug-likeness (QED) is 0.567. The highest BCUT2D eigenvalue weighted by atomic mass is 32.2. The van der Waals surface area contributed by atoms with Crippen LogP contribution in [0.1, 0.15) is 12.0 Å². The van der Waals surface area contributed by atoms with E-state index in [1.807, 2.05) is 0 Å². The summed E-state index contributed by atoms with van der Waals surface area (Å²) in [5, 5.41) is 0. The zero-order chi connectivity index (χ0) is 18.2. The molecule has 6 nitrogen and oxygen atoms in total. The van der Waals surface area contributed by atoms with Crippen molar-refractivity contribution in [3.8, 4) is 11.5 Å². The van der Waals surface area contributed by atoms with Gasteiger partial charge in [0.1, 0.15) is 15.8 Å². The molecule has 0 aliphatic carbocycles. The second-order valence-corrected chi connectivity index (χ2v) is 9.62. The summed E-state index contributed by atoms with van der Waals surface area (Å²) in [6.45, 7) is 0. The molecule has 0 bridgehead atoms. The largest absolute Gasteiger partial charge is 0.497 e. The summed E-state index contributed by atoms with van der Waals surface area (Å²) in [6.07, 6.45) is 2.12. The average Bonchev–Trinajstić information content (AvgIpc) is 3.06. The molecule has 0 saturated carbocycles. The zero-order valence-electron chi connectivity index (χ0n) is 13.7. The van der Waals surface area contributed by atoms with Crippen molar-refractivity contribution in [1.29, 1.82) is 0 Å². The van der Waals surface area contributed by atoms with Crippen molar-refractivity contribution >= 4 is 50.1 Å². The van der Waals surface area contributed by atoms with Gasteiger partial charge >= 0.3 is 0 Å². The van der Waals surface area contributed by atoms with Gasteiger partial charge in [-0.15, -0.1) is 0 Å². The maximum atomic E-state index is 12.8. The second-order valence-electron chi connectivity index (χ2n) is 5.72. The van der Waals surface area contributed by atoms with E-state index in [4.69, 9.17) is 21.7 Å². The van der Waals surface area contributed by atoms with Crippen LogP contribution in [0.4, 0.5) is 0 Å². The summed E-state index contributed by atoms with van der Waals surface area (Å²) >= 11 is 6.48. The van der Waals surface area contributed by atoms with E-state index in [1.165, 1.54) is 16.7 Å². The SMILES string of the molecule is COc1ccc(OC)c(/C=C2\SC(=S)N([C@@H]3CCS(=O)(=O)C3)C2=O)c1. The number of nitrogens with zero attached hydrogens (tertiary/aromatic N) is 1. The molecule has 0 N–H and O–H groups in total. The standard InChI is InChI=1S/C16H17NO5S3/c1-21-12-3-4-13(22-2)10(7-12)8-14-15(18)17(16(23)24-14)11-5-6-25(19,20)9-11/h3-4,7-8,11H,5-6,9H2,1-2H3/b14-8-/t11-/m1/s1. The lowest BCUT2D eigenvalue weighted by atomic mass is 10.1. The number of methoxy groups -OCH3 is 2. The van der Waals surface area contributed by atoms with Gasteiger partial charge in [-0.2, -0.15) is 0 Å². The Morgan fingerprint density at radius 2 is 2.08 bits per heavy atom. The summed E-state index contributed by atoms with van der Waals surface area (Å²) in [5.74, 6) is 1.05. The number of carbonyl (C=O) groups excluding carboxylic acids is 1. The molecule has 0 radical (unpaired) electrons. The van der Waals surface area contributed by atoms with Crippen molar-refractivity contribution in [3.05, 3.63) is 28.7 Å². The molecule has 0 aromatic heterocycles. The molecule has 1 atom stereocenters. The summed E-state index contributed by atoms with van der Waals surface area (Å²) in [4.78, 5) is 14.6. The van der Waals surface area contributed by atoms with Gasteiger partial charge in [-0.05, 0) is 30.7 Å². The summed E-state index contributed by atoms with van der Waals surface area (Å²) in [6, 6.07) is 4.92.